The van der Waals surface area contributed by atoms with Gasteiger partial charge in [-0.1, -0.05) is 13.8 Å². The van der Waals surface area contributed by atoms with Gasteiger partial charge in [-0.25, -0.2) is 0 Å². The van der Waals surface area contributed by atoms with E-state index in [0.29, 0.717) is 6.42 Å². The molecular formula is C7H14F3NO. The van der Waals surface area contributed by atoms with Gasteiger partial charge in [-0.15, -0.1) is 13.2 Å². The van der Waals surface area contributed by atoms with E-state index in [1.165, 1.54) is 0 Å². The minimum atomic E-state index is -4.56. The van der Waals surface area contributed by atoms with E-state index in [2.05, 4.69) is 4.74 Å². The Hall–Kier alpha value is -0.290. The molecule has 0 saturated carbocycles. The lowest BCUT2D eigenvalue weighted by Gasteiger charge is -2.15. The van der Waals surface area contributed by atoms with E-state index in [-0.39, 0.29) is 5.92 Å². The zero-order chi connectivity index (χ0) is 9.78. The van der Waals surface area contributed by atoms with E-state index in [4.69, 9.17) is 5.73 Å². The normalized spacial score (nSPS) is 15.2. The molecule has 0 aliphatic rings. The van der Waals surface area contributed by atoms with Gasteiger partial charge in [0.2, 0.25) is 0 Å². The fourth-order valence-electron chi connectivity index (χ4n) is 0.875. The molecule has 0 saturated heterocycles. The third-order valence-corrected chi connectivity index (χ3v) is 1.24. The Morgan fingerprint density at radius 2 is 1.83 bits per heavy atom. The Labute approximate surface area is 69.9 Å². The average Bonchev–Trinajstić information content (AvgIpc) is 1.80. The summed E-state index contributed by atoms with van der Waals surface area (Å²) in [6.07, 6.45) is -4.02. The van der Waals surface area contributed by atoms with E-state index >= 15 is 0 Å². The Bertz CT molecular complexity index is 124. The van der Waals surface area contributed by atoms with Gasteiger partial charge in [0.25, 0.3) is 0 Å². The molecule has 0 heterocycles. The van der Waals surface area contributed by atoms with Gasteiger partial charge in [-0.2, -0.15) is 0 Å². The number of rotatable bonds is 4. The van der Waals surface area contributed by atoms with Crippen LogP contribution in [-0.2, 0) is 4.74 Å². The SMILES string of the molecule is CC(C)C[C@H](N)COC(F)(F)F. The van der Waals surface area contributed by atoms with Crippen molar-refractivity contribution < 1.29 is 17.9 Å². The van der Waals surface area contributed by atoms with E-state index < -0.39 is 19.0 Å². The van der Waals surface area contributed by atoms with Gasteiger partial charge in [0.15, 0.2) is 0 Å². The average molecular weight is 185 g/mol. The number of hydrogen-bond donors (Lipinski definition) is 1. The van der Waals surface area contributed by atoms with Crippen LogP contribution in [0.4, 0.5) is 13.2 Å². The van der Waals surface area contributed by atoms with Crippen molar-refractivity contribution in [1.29, 1.82) is 0 Å². The minimum absolute atomic E-state index is 0.289. The smallest absolute Gasteiger partial charge is 0.326 e. The molecule has 12 heavy (non-hydrogen) atoms. The van der Waals surface area contributed by atoms with Crippen molar-refractivity contribution in [3.8, 4) is 0 Å². The molecule has 74 valence electrons. The number of halogens is 3. The van der Waals surface area contributed by atoms with Crippen LogP contribution >= 0.6 is 0 Å². The van der Waals surface area contributed by atoms with Crippen LogP contribution < -0.4 is 5.73 Å². The van der Waals surface area contributed by atoms with E-state index in [1.807, 2.05) is 13.8 Å². The van der Waals surface area contributed by atoms with Gasteiger partial charge >= 0.3 is 6.36 Å². The zero-order valence-corrected chi connectivity index (χ0v) is 7.19. The first-order chi connectivity index (χ1) is 5.31. The van der Waals surface area contributed by atoms with Crippen LogP contribution in [0, 0.1) is 5.92 Å². The summed E-state index contributed by atoms with van der Waals surface area (Å²) in [5.74, 6) is 0.289. The zero-order valence-electron chi connectivity index (χ0n) is 7.19. The molecule has 0 rings (SSSR count). The maximum atomic E-state index is 11.5. The lowest BCUT2D eigenvalue weighted by molar-refractivity contribution is -0.326. The third kappa shape index (κ3) is 7.81. The standard InChI is InChI=1S/C7H14F3NO/c1-5(2)3-6(11)4-12-7(8,9)10/h5-6H,3-4,11H2,1-2H3/t6-/m0/s1. The first-order valence-corrected chi connectivity index (χ1v) is 3.77. The second kappa shape index (κ2) is 4.67. The molecule has 2 nitrogen and oxygen atoms in total. The highest BCUT2D eigenvalue weighted by atomic mass is 19.4. The molecule has 0 aromatic rings. The summed E-state index contributed by atoms with van der Waals surface area (Å²) in [6.45, 7) is 3.34. The predicted octanol–water partition coefficient (Wildman–Crippen LogP) is 1.90. The van der Waals surface area contributed by atoms with E-state index in [9.17, 15) is 13.2 Å². The molecule has 0 radical (unpaired) electrons. The lowest BCUT2D eigenvalue weighted by atomic mass is 10.1. The van der Waals surface area contributed by atoms with Crippen molar-refractivity contribution in [1.82, 2.24) is 0 Å². The van der Waals surface area contributed by atoms with Crippen LogP contribution in [0.2, 0.25) is 0 Å². The maximum absolute atomic E-state index is 11.5. The summed E-state index contributed by atoms with van der Waals surface area (Å²) in [5.41, 5.74) is 5.36. The topological polar surface area (TPSA) is 35.2 Å². The van der Waals surface area contributed by atoms with Crippen LogP contribution in [0.1, 0.15) is 20.3 Å². The largest absolute Gasteiger partial charge is 0.522 e. The fourth-order valence-corrected chi connectivity index (χ4v) is 0.875. The van der Waals surface area contributed by atoms with Crippen LogP contribution in [0.5, 0.6) is 0 Å². The second-order valence-corrected chi connectivity index (χ2v) is 3.15. The fraction of sp³-hybridized carbons (Fsp3) is 1.00. The van der Waals surface area contributed by atoms with Crippen molar-refractivity contribution >= 4 is 0 Å². The molecule has 5 heteroatoms. The molecule has 0 aliphatic heterocycles. The number of hydrogen-bond acceptors (Lipinski definition) is 2. The van der Waals surface area contributed by atoms with Crippen LogP contribution in [-0.4, -0.2) is 19.0 Å². The van der Waals surface area contributed by atoms with Crippen LogP contribution in [0.25, 0.3) is 0 Å². The minimum Gasteiger partial charge on any atom is -0.326 e. The first-order valence-electron chi connectivity index (χ1n) is 3.77. The Morgan fingerprint density at radius 3 is 2.17 bits per heavy atom. The number of alkyl halides is 3. The molecule has 2 N–H and O–H groups in total. The molecule has 1 atom stereocenters. The molecule has 0 aromatic carbocycles. The molecule has 0 aromatic heterocycles. The first kappa shape index (κ1) is 11.7. The molecule has 0 unspecified atom stereocenters. The summed E-state index contributed by atoms with van der Waals surface area (Å²) in [6, 6.07) is -0.536. The predicted molar refractivity (Wildman–Crippen MR) is 39.4 cm³/mol. The Morgan fingerprint density at radius 1 is 1.33 bits per heavy atom. The van der Waals surface area contributed by atoms with E-state index in [1.54, 1.807) is 0 Å². The van der Waals surface area contributed by atoms with Gasteiger partial charge in [0.05, 0.1) is 6.61 Å². The number of ether oxygens (including phenoxy) is 1. The van der Waals surface area contributed by atoms with Gasteiger partial charge < -0.3 is 5.73 Å². The summed E-state index contributed by atoms with van der Waals surface area (Å²) in [7, 11) is 0. The highest BCUT2D eigenvalue weighted by Gasteiger charge is 2.29. The second-order valence-electron chi connectivity index (χ2n) is 3.15. The third-order valence-electron chi connectivity index (χ3n) is 1.24. The molecule has 0 aliphatic carbocycles. The van der Waals surface area contributed by atoms with Gasteiger partial charge in [-0.05, 0) is 12.3 Å². The number of nitrogens with two attached hydrogens (primary N) is 1. The monoisotopic (exact) mass is 185 g/mol. The Balaban J connectivity index is 3.51. The van der Waals surface area contributed by atoms with Crippen molar-refractivity contribution in [3.63, 3.8) is 0 Å². The van der Waals surface area contributed by atoms with Crippen molar-refractivity contribution in [2.45, 2.75) is 32.7 Å². The van der Waals surface area contributed by atoms with Crippen LogP contribution in [0.15, 0.2) is 0 Å². The molecule has 0 bridgehead atoms. The lowest BCUT2D eigenvalue weighted by Crippen LogP contribution is -2.31. The van der Waals surface area contributed by atoms with Gasteiger partial charge in [0.1, 0.15) is 0 Å². The van der Waals surface area contributed by atoms with E-state index in [0.717, 1.165) is 0 Å². The maximum Gasteiger partial charge on any atom is 0.522 e. The summed E-state index contributed by atoms with van der Waals surface area (Å²) >= 11 is 0. The van der Waals surface area contributed by atoms with Crippen molar-refractivity contribution in [3.05, 3.63) is 0 Å². The van der Waals surface area contributed by atoms with Gasteiger partial charge in [0, 0.05) is 6.04 Å². The summed E-state index contributed by atoms with van der Waals surface area (Å²) in [5, 5.41) is 0. The summed E-state index contributed by atoms with van der Waals surface area (Å²) in [4.78, 5) is 0. The molecule has 0 fully saturated rings. The molecule has 0 amide bonds. The Kier molecular flexibility index (Phi) is 4.55. The molecular weight excluding hydrogens is 171 g/mol. The molecule has 0 spiro atoms. The highest BCUT2D eigenvalue weighted by Crippen LogP contribution is 2.16. The summed E-state index contributed by atoms with van der Waals surface area (Å²) < 4.78 is 38.0. The highest BCUT2D eigenvalue weighted by molar-refractivity contribution is 4.62. The van der Waals surface area contributed by atoms with Crippen molar-refractivity contribution in [2.24, 2.45) is 11.7 Å². The quantitative estimate of drug-likeness (QED) is 0.725. The van der Waals surface area contributed by atoms with Crippen LogP contribution in [0.3, 0.4) is 0 Å². The van der Waals surface area contributed by atoms with Crippen molar-refractivity contribution in [2.75, 3.05) is 6.61 Å². The van der Waals surface area contributed by atoms with Gasteiger partial charge in [-0.3, -0.25) is 4.74 Å².